The summed E-state index contributed by atoms with van der Waals surface area (Å²) in [6, 6.07) is 20.5. The van der Waals surface area contributed by atoms with E-state index in [-0.39, 0.29) is 11.5 Å². The van der Waals surface area contributed by atoms with Crippen LogP contribution in [0, 0.1) is 0 Å². The van der Waals surface area contributed by atoms with Gasteiger partial charge in [-0.1, -0.05) is 36.4 Å². The Morgan fingerprint density at radius 3 is 1.75 bits per heavy atom. The molecule has 3 aromatic rings. The molecule has 40 heavy (non-hydrogen) atoms. The van der Waals surface area contributed by atoms with E-state index >= 15 is 0 Å². The first-order valence-corrected chi connectivity index (χ1v) is 13.3. The van der Waals surface area contributed by atoms with Gasteiger partial charge in [-0.05, 0) is 49.6 Å². The normalized spacial score (nSPS) is 10.4. The van der Waals surface area contributed by atoms with E-state index in [0.29, 0.717) is 5.69 Å². The first kappa shape index (κ1) is 35.8. The van der Waals surface area contributed by atoms with Gasteiger partial charge in [0.1, 0.15) is 0 Å². The number of carboxylic acids is 3. The maximum Gasteiger partial charge on any atom is 0.336 e. The number of nitrogens with two attached hydrogens (primary N) is 2. The molecule has 0 saturated carbocycles. The van der Waals surface area contributed by atoms with Crippen LogP contribution in [0.4, 0.5) is 11.4 Å². The van der Waals surface area contributed by atoms with Crippen molar-refractivity contribution in [1.29, 1.82) is 0 Å². The third-order valence-corrected chi connectivity index (χ3v) is 5.58. The second-order valence-electron chi connectivity index (χ2n) is 7.97. The number of benzene rings is 3. The number of nitrogen functional groups attached to an aromatic ring is 1. The van der Waals surface area contributed by atoms with Gasteiger partial charge in [0.2, 0.25) is 10.0 Å². The molecule has 0 spiro atoms. The highest BCUT2D eigenvalue weighted by Crippen LogP contribution is 2.22. The highest BCUT2D eigenvalue weighted by Gasteiger charge is 2.40. The zero-order valence-corrected chi connectivity index (χ0v) is 22.8. The molecule has 10 N–H and O–H groups in total. The van der Waals surface area contributed by atoms with Gasteiger partial charge in [-0.25, -0.2) is 18.4 Å². The Kier molecular flexibility index (Phi) is 15.5. The number of primary sulfonamides is 1. The smallest absolute Gasteiger partial charge is 0.336 e. The molecule has 0 bridgehead atoms. The molecule has 3 aromatic carbocycles. The molecule has 0 aliphatic carbocycles. The lowest BCUT2D eigenvalue weighted by molar-refractivity contribution is -0.170. The number of fused-ring (bicyclic) bond motifs is 1. The minimum Gasteiger partial charge on any atom is -0.481 e. The molecule has 0 aliphatic rings. The Morgan fingerprint density at radius 1 is 0.850 bits per heavy atom. The first-order chi connectivity index (χ1) is 18.6. The number of aliphatic hydroxyl groups is 2. The third kappa shape index (κ3) is 13.5. The Labute approximate surface area is 231 Å². The zero-order valence-electron chi connectivity index (χ0n) is 22.0. The second-order valence-corrected chi connectivity index (χ2v) is 9.53. The Hall–Kier alpha value is -4.24. The molecular formula is C26H35N3O10S. The lowest BCUT2D eigenvalue weighted by Gasteiger charge is -2.18. The number of sulfonamides is 1. The fourth-order valence-corrected chi connectivity index (χ4v) is 3.46. The average Bonchev–Trinajstić information content (AvgIpc) is 2.84. The summed E-state index contributed by atoms with van der Waals surface area (Å²) in [6.45, 7) is 5.01. The number of hydrogen-bond acceptors (Lipinski definition) is 9. The molecular weight excluding hydrogens is 546 g/mol. The van der Waals surface area contributed by atoms with Crippen LogP contribution in [0.3, 0.4) is 0 Å². The summed E-state index contributed by atoms with van der Waals surface area (Å²) >= 11 is 0. The average molecular weight is 582 g/mol. The minimum absolute atomic E-state index is 0.0756. The Bertz CT molecular complexity index is 1330. The van der Waals surface area contributed by atoms with Crippen molar-refractivity contribution in [3.63, 3.8) is 0 Å². The van der Waals surface area contributed by atoms with E-state index < -0.39 is 46.4 Å². The van der Waals surface area contributed by atoms with E-state index in [1.807, 2.05) is 0 Å². The van der Waals surface area contributed by atoms with Crippen LogP contribution in [0.25, 0.3) is 10.8 Å². The molecule has 0 aliphatic heterocycles. The van der Waals surface area contributed by atoms with Crippen LogP contribution < -0.4 is 16.2 Å². The summed E-state index contributed by atoms with van der Waals surface area (Å²) in [5.74, 6) is -5.02. The van der Waals surface area contributed by atoms with E-state index in [4.69, 9.17) is 36.4 Å². The van der Waals surface area contributed by atoms with Gasteiger partial charge in [0.25, 0.3) is 0 Å². The first-order valence-electron chi connectivity index (χ1n) is 11.7. The lowest BCUT2D eigenvalue weighted by Crippen LogP contribution is -2.42. The highest BCUT2D eigenvalue weighted by atomic mass is 32.2. The summed E-state index contributed by atoms with van der Waals surface area (Å²) < 4.78 is 21.4. The molecule has 0 unspecified atom stereocenters. The van der Waals surface area contributed by atoms with Crippen LogP contribution in [0.15, 0.2) is 71.6 Å². The molecule has 0 saturated heterocycles. The maximum atomic E-state index is 10.7. The number of hydrogen-bond donors (Lipinski definition) is 8. The topological polar surface area (TPSA) is 251 Å². The molecule has 0 aromatic heterocycles. The number of aliphatic carboxylic acids is 3. The van der Waals surface area contributed by atoms with Crippen LogP contribution >= 0.6 is 0 Å². The van der Waals surface area contributed by atoms with E-state index in [1.165, 1.54) is 40.7 Å². The largest absolute Gasteiger partial charge is 0.481 e. The van der Waals surface area contributed by atoms with E-state index in [9.17, 15) is 22.8 Å². The van der Waals surface area contributed by atoms with Crippen molar-refractivity contribution in [3.8, 4) is 0 Å². The van der Waals surface area contributed by atoms with Crippen molar-refractivity contribution < 1.29 is 48.3 Å². The van der Waals surface area contributed by atoms with Crippen molar-refractivity contribution in [2.45, 2.75) is 37.2 Å². The fraction of sp³-hybridized carbons (Fsp3) is 0.269. The summed E-state index contributed by atoms with van der Waals surface area (Å²) in [5, 5.41) is 52.2. The predicted molar refractivity (Wildman–Crippen MR) is 150 cm³/mol. The lowest BCUT2D eigenvalue weighted by atomic mass is 9.96. The number of carbonyl (C=O) groups is 3. The number of nitrogens with one attached hydrogen (secondary N) is 1. The van der Waals surface area contributed by atoms with Crippen LogP contribution in [0.5, 0.6) is 0 Å². The number of rotatable bonds is 8. The van der Waals surface area contributed by atoms with Crippen molar-refractivity contribution in [2.75, 3.05) is 24.2 Å². The number of anilines is 2. The monoisotopic (exact) mass is 581 g/mol. The van der Waals surface area contributed by atoms with Crippen molar-refractivity contribution >= 4 is 50.1 Å². The summed E-state index contributed by atoms with van der Waals surface area (Å²) in [7, 11) is -3.58. The van der Waals surface area contributed by atoms with Gasteiger partial charge in [-0.15, -0.1) is 0 Å². The minimum atomic E-state index is -3.58. The van der Waals surface area contributed by atoms with E-state index in [0.717, 1.165) is 6.54 Å². The van der Waals surface area contributed by atoms with Gasteiger partial charge in [-0.2, -0.15) is 0 Å². The van der Waals surface area contributed by atoms with Gasteiger partial charge >= 0.3 is 17.9 Å². The van der Waals surface area contributed by atoms with E-state index in [1.54, 1.807) is 6.92 Å². The van der Waals surface area contributed by atoms with Crippen molar-refractivity contribution in [1.82, 2.24) is 0 Å². The quantitative estimate of drug-likeness (QED) is 0.178. The molecule has 0 atom stereocenters. The maximum absolute atomic E-state index is 10.7. The Morgan fingerprint density at radius 2 is 1.32 bits per heavy atom. The molecule has 0 amide bonds. The van der Waals surface area contributed by atoms with Gasteiger partial charge in [0, 0.05) is 29.9 Å². The SMILES string of the molecule is CCNc1cccc2ccccc12.CCO.Nc1ccc(S(N)(=O)=O)cc1.O=C(O)CC(O)(CC(=O)O)C(=O)O. The van der Waals surface area contributed by atoms with Crippen molar-refractivity contribution in [2.24, 2.45) is 5.14 Å². The molecule has 3 rings (SSSR count). The highest BCUT2D eigenvalue weighted by molar-refractivity contribution is 7.89. The zero-order chi connectivity index (χ0) is 30.9. The van der Waals surface area contributed by atoms with Gasteiger partial charge in [0.05, 0.1) is 17.7 Å². The number of aliphatic hydroxyl groups excluding tert-OH is 1. The Balaban J connectivity index is 0.000000545. The summed E-state index contributed by atoms with van der Waals surface area (Å²) in [4.78, 5) is 30.6. The van der Waals surface area contributed by atoms with Gasteiger partial charge < -0.3 is 36.6 Å². The molecule has 14 heteroatoms. The molecule has 220 valence electrons. The summed E-state index contributed by atoms with van der Waals surface area (Å²) in [6.07, 6.45) is -2.29. The molecule has 0 radical (unpaired) electrons. The third-order valence-electron chi connectivity index (χ3n) is 4.65. The van der Waals surface area contributed by atoms with Gasteiger partial charge in [-0.3, -0.25) is 9.59 Å². The van der Waals surface area contributed by atoms with Gasteiger partial charge in [0.15, 0.2) is 5.60 Å². The van der Waals surface area contributed by atoms with Crippen LogP contribution in [-0.4, -0.2) is 70.6 Å². The van der Waals surface area contributed by atoms with Crippen LogP contribution in [0.1, 0.15) is 26.7 Å². The van der Waals surface area contributed by atoms with Crippen molar-refractivity contribution in [3.05, 3.63) is 66.7 Å². The predicted octanol–water partition coefficient (Wildman–Crippen LogP) is 1.94. The standard InChI is InChI=1S/C12H13N.C6H8N2O2S.C6H8O7.C2H6O/c1-2-13-12-9-5-7-10-6-3-4-8-11(10)12;7-5-1-3-6(4-2-5)11(8,9)10;7-3(8)1-6(13,5(11)12)2-4(9)10;1-2-3/h3-9,13H,2H2,1H3;1-4H,7H2,(H2,8,9,10);13H,1-2H2,(H,7,8)(H,9,10)(H,11,12);3H,2H2,1H3. The molecule has 0 fully saturated rings. The molecule has 0 heterocycles. The van der Waals surface area contributed by atoms with E-state index in [2.05, 4.69) is 54.7 Å². The second kappa shape index (κ2) is 17.4. The van der Waals surface area contributed by atoms with Crippen LogP contribution in [-0.2, 0) is 24.4 Å². The fourth-order valence-electron chi connectivity index (χ4n) is 2.94. The van der Waals surface area contributed by atoms with Crippen LogP contribution in [0.2, 0.25) is 0 Å². The summed E-state index contributed by atoms with van der Waals surface area (Å²) in [5.41, 5.74) is 4.33. The molecule has 13 nitrogen and oxygen atoms in total. The number of carboxylic acid groups (broad SMARTS) is 3.